The number of alkyl carbamates (subject to hydrolysis) is 1. The molecule has 0 fully saturated rings. The molecule has 8 nitrogen and oxygen atoms in total. The molecule has 2 aromatic carbocycles. The van der Waals surface area contributed by atoms with Crippen LogP contribution < -0.4 is 10.6 Å². The highest BCUT2D eigenvalue weighted by atomic mass is 19.3. The van der Waals surface area contributed by atoms with E-state index >= 15 is 0 Å². The predicted octanol–water partition coefficient (Wildman–Crippen LogP) is 2.68. The molecule has 0 heterocycles. The molecule has 2 aromatic rings. The predicted molar refractivity (Wildman–Crippen MR) is 121 cm³/mol. The first-order valence-electron chi connectivity index (χ1n) is 10.7. The second-order valence-electron chi connectivity index (χ2n) is 8.31. The van der Waals surface area contributed by atoms with Gasteiger partial charge in [-0.15, -0.1) is 0 Å². The minimum Gasteiger partial charge on any atom is -0.480 e. The van der Waals surface area contributed by atoms with Gasteiger partial charge in [0.05, 0.1) is 0 Å². The Morgan fingerprint density at radius 2 is 1.53 bits per heavy atom. The third kappa shape index (κ3) is 6.07. The molecule has 1 unspecified atom stereocenters. The molecule has 0 aromatic heterocycles. The zero-order valence-electron chi connectivity index (χ0n) is 18.8. The summed E-state index contributed by atoms with van der Waals surface area (Å²) < 4.78 is 31.5. The summed E-state index contributed by atoms with van der Waals surface area (Å²) in [5.74, 6) is -2.58. The number of rotatable bonds is 10. The summed E-state index contributed by atoms with van der Waals surface area (Å²) in [4.78, 5) is 37.9. The van der Waals surface area contributed by atoms with Crippen molar-refractivity contribution in [2.24, 2.45) is 0 Å². The number of nitrogens with one attached hydrogen (secondary N) is 2. The average Bonchev–Trinajstić information content (AvgIpc) is 3.10. The van der Waals surface area contributed by atoms with Gasteiger partial charge in [-0.05, 0) is 36.3 Å². The molecular formula is C24H27F2N3O5. The van der Waals surface area contributed by atoms with Crippen LogP contribution in [0, 0.1) is 0 Å². The topological polar surface area (TPSA) is 108 Å². The van der Waals surface area contributed by atoms with Gasteiger partial charge < -0.3 is 25.4 Å². The van der Waals surface area contributed by atoms with Crippen molar-refractivity contribution in [2.75, 3.05) is 27.2 Å². The number of carboxylic acids is 1. The van der Waals surface area contributed by atoms with Crippen molar-refractivity contribution >= 4 is 18.0 Å². The first-order chi connectivity index (χ1) is 16.2. The summed E-state index contributed by atoms with van der Waals surface area (Å²) in [7, 11) is 3.21. The highest BCUT2D eigenvalue weighted by Crippen LogP contribution is 2.44. The Hall–Kier alpha value is -3.53. The lowest BCUT2D eigenvalue weighted by atomic mass is 9.98. The molecule has 0 saturated heterocycles. The zero-order chi connectivity index (χ0) is 24.8. The lowest BCUT2D eigenvalue weighted by Gasteiger charge is -2.23. The molecule has 0 aliphatic heterocycles. The normalized spacial score (nSPS) is 14.3. The van der Waals surface area contributed by atoms with E-state index in [2.05, 4.69) is 10.6 Å². The van der Waals surface area contributed by atoms with Gasteiger partial charge in [0.15, 0.2) is 0 Å². The number of hydrogen-bond acceptors (Lipinski definition) is 5. The van der Waals surface area contributed by atoms with E-state index in [1.807, 2.05) is 48.5 Å². The number of amides is 2. The molecule has 0 saturated carbocycles. The van der Waals surface area contributed by atoms with Crippen molar-refractivity contribution in [2.45, 2.75) is 30.8 Å². The Kier molecular flexibility index (Phi) is 8.17. The number of benzene rings is 2. The fourth-order valence-electron chi connectivity index (χ4n) is 4.01. The summed E-state index contributed by atoms with van der Waals surface area (Å²) >= 11 is 0. The van der Waals surface area contributed by atoms with Crippen molar-refractivity contribution in [1.29, 1.82) is 0 Å². The smallest absolute Gasteiger partial charge is 0.407 e. The Bertz CT molecular complexity index is 1000. The van der Waals surface area contributed by atoms with Crippen molar-refractivity contribution < 1.29 is 33.0 Å². The third-order valence-corrected chi connectivity index (χ3v) is 5.53. The Balaban J connectivity index is 1.66. The quantitative estimate of drug-likeness (QED) is 0.488. The minimum atomic E-state index is -2.90. The number of halogens is 2. The van der Waals surface area contributed by atoms with Gasteiger partial charge >= 0.3 is 12.1 Å². The van der Waals surface area contributed by atoms with Crippen LogP contribution in [0.1, 0.15) is 23.5 Å². The van der Waals surface area contributed by atoms with Crippen molar-refractivity contribution in [3.05, 3.63) is 59.7 Å². The van der Waals surface area contributed by atoms with Gasteiger partial charge in [-0.2, -0.15) is 0 Å². The van der Waals surface area contributed by atoms with Gasteiger partial charge in [0, 0.05) is 18.9 Å². The first-order valence-corrected chi connectivity index (χ1v) is 10.7. The second kappa shape index (κ2) is 11.1. The Morgan fingerprint density at radius 1 is 0.971 bits per heavy atom. The summed E-state index contributed by atoms with van der Waals surface area (Å²) in [6.45, 7) is -0.103. The number of aliphatic carboxylic acids is 1. The molecule has 10 heteroatoms. The van der Waals surface area contributed by atoms with Gasteiger partial charge in [0.1, 0.15) is 18.7 Å². The summed E-state index contributed by atoms with van der Waals surface area (Å²) in [5, 5.41) is 13.6. The number of alkyl halides is 2. The number of ether oxygens (including phenoxy) is 1. The summed E-state index contributed by atoms with van der Waals surface area (Å²) in [6, 6.07) is 12.4. The Morgan fingerprint density at radius 3 is 2.03 bits per heavy atom. The van der Waals surface area contributed by atoms with Gasteiger partial charge in [0.25, 0.3) is 0 Å². The second-order valence-corrected chi connectivity index (χ2v) is 8.31. The number of hydrogen-bond donors (Lipinski definition) is 3. The number of carboxylic acid groups (broad SMARTS) is 1. The van der Waals surface area contributed by atoms with Crippen molar-refractivity contribution in [3.63, 3.8) is 0 Å². The number of likely N-dealkylation sites (N-methyl/N-ethyl adjacent to an activating group) is 1. The molecule has 1 aliphatic carbocycles. The van der Waals surface area contributed by atoms with Gasteiger partial charge in [-0.25, -0.2) is 18.4 Å². The molecule has 0 bridgehead atoms. The molecule has 3 rings (SSSR count). The van der Waals surface area contributed by atoms with E-state index in [-0.39, 0.29) is 19.1 Å². The molecule has 2 amide bonds. The summed E-state index contributed by atoms with van der Waals surface area (Å²) in [5.41, 5.74) is 4.02. The highest BCUT2D eigenvalue weighted by molar-refractivity contribution is 5.89. The average molecular weight is 475 g/mol. The molecule has 182 valence electrons. The summed E-state index contributed by atoms with van der Waals surface area (Å²) in [6.07, 6.45) is -4.92. The molecule has 3 N–H and O–H groups in total. The molecule has 0 radical (unpaired) electrons. The zero-order valence-corrected chi connectivity index (χ0v) is 18.8. The van der Waals surface area contributed by atoms with E-state index < -0.39 is 42.9 Å². The monoisotopic (exact) mass is 475 g/mol. The number of nitrogens with zero attached hydrogens (tertiary/aromatic N) is 1. The van der Waals surface area contributed by atoms with E-state index in [4.69, 9.17) is 4.74 Å². The Labute approximate surface area is 195 Å². The van der Waals surface area contributed by atoms with Crippen LogP contribution in [0.5, 0.6) is 0 Å². The van der Waals surface area contributed by atoms with Crippen LogP contribution >= 0.6 is 0 Å². The number of carbonyl (C=O) groups is 3. The number of fused-ring (bicyclic) bond motifs is 3. The number of carbonyl (C=O) groups excluding carboxylic acids is 2. The SMILES string of the molecule is CN(C)C[C@H](NC(=O)C(CC(F)F)NC(=O)OCC1c2ccccc2-c2ccccc21)C(=O)O. The van der Waals surface area contributed by atoms with Crippen LogP contribution in [-0.4, -0.2) is 73.7 Å². The van der Waals surface area contributed by atoms with E-state index in [0.29, 0.717) is 0 Å². The van der Waals surface area contributed by atoms with Crippen LogP contribution in [-0.2, 0) is 14.3 Å². The van der Waals surface area contributed by atoms with Crippen molar-refractivity contribution in [1.82, 2.24) is 15.5 Å². The van der Waals surface area contributed by atoms with Gasteiger partial charge in [0.2, 0.25) is 12.3 Å². The van der Waals surface area contributed by atoms with Crippen LogP contribution in [0.3, 0.4) is 0 Å². The van der Waals surface area contributed by atoms with Crippen molar-refractivity contribution in [3.8, 4) is 11.1 Å². The van der Waals surface area contributed by atoms with E-state index in [0.717, 1.165) is 22.3 Å². The van der Waals surface area contributed by atoms with Crippen LogP contribution in [0.4, 0.5) is 13.6 Å². The first kappa shape index (κ1) is 25.1. The van der Waals surface area contributed by atoms with E-state index in [1.54, 1.807) is 14.1 Å². The van der Waals surface area contributed by atoms with E-state index in [9.17, 15) is 28.3 Å². The molecule has 34 heavy (non-hydrogen) atoms. The van der Waals surface area contributed by atoms with Crippen LogP contribution in [0.25, 0.3) is 11.1 Å². The van der Waals surface area contributed by atoms with Crippen LogP contribution in [0.15, 0.2) is 48.5 Å². The lowest BCUT2D eigenvalue weighted by molar-refractivity contribution is -0.142. The standard InChI is InChI=1S/C24H27F2N3O5/c1-29(2)12-20(23(31)32)27-22(30)19(11-21(25)26)28-24(33)34-13-18-16-9-5-3-7-14(16)15-8-4-6-10-17(15)18/h3-10,18-21H,11-13H2,1-2H3,(H,27,30)(H,28,33)(H,31,32)/t19?,20-/m0/s1. The maximum absolute atomic E-state index is 13.1. The van der Waals surface area contributed by atoms with E-state index in [1.165, 1.54) is 4.90 Å². The molecule has 0 spiro atoms. The minimum absolute atomic E-state index is 0.0482. The lowest BCUT2D eigenvalue weighted by Crippen LogP contribution is -2.54. The third-order valence-electron chi connectivity index (χ3n) is 5.53. The maximum atomic E-state index is 13.1. The molecule has 1 aliphatic rings. The fourth-order valence-corrected chi connectivity index (χ4v) is 4.01. The van der Waals surface area contributed by atoms with Gasteiger partial charge in [-0.1, -0.05) is 48.5 Å². The maximum Gasteiger partial charge on any atom is 0.407 e. The fraction of sp³-hybridized carbons (Fsp3) is 0.375. The largest absolute Gasteiger partial charge is 0.480 e. The van der Waals surface area contributed by atoms with Gasteiger partial charge in [-0.3, -0.25) is 4.79 Å². The highest BCUT2D eigenvalue weighted by Gasteiger charge is 2.32. The van der Waals surface area contributed by atoms with Crippen LogP contribution in [0.2, 0.25) is 0 Å². The molecule has 2 atom stereocenters. The molecular weight excluding hydrogens is 448 g/mol.